The van der Waals surface area contributed by atoms with Crippen molar-refractivity contribution >= 4 is 67.1 Å². The first-order valence-corrected chi connectivity index (χ1v) is 24.1. The van der Waals surface area contributed by atoms with E-state index in [4.69, 9.17) is 47.4 Å². The van der Waals surface area contributed by atoms with Crippen molar-refractivity contribution in [1.82, 2.24) is 25.7 Å². The molecule has 0 aliphatic rings. The highest BCUT2D eigenvalue weighted by molar-refractivity contribution is 7.89. The molecule has 68 heavy (non-hydrogen) atoms. The number of anilines is 1. The summed E-state index contributed by atoms with van der Waals surface area (Å²) in [5.74, 6) is -2.29. The molecule has 24 nitrogen and oxygen atoms in total. The summed E-state index contributed by atoms with van der Waals surface area (Å²) >= 11 is 1.04. The number of hydrogen-bond acceptors (Lipinski definition) is 19. The number of rotatable bonds is 39. The molecule has 1 aromatic carbocycles. The van der Waals surface area contributed by atoms with Crippen molar-refractivity contribution in [3.8, 4) is 5.75 Å². The second-order valence-electron chi connectivity index (χ2n) is 14.2. The lowest BCUT2D eigenvalue weighted by Gasteiger charge is -2.10. The Labute approximate surface area is 397 Å². The fraction of sp³-hybridized carbons (Fsp3) is 0.595. The summed E-state index contributed by atoms with van der Waals surface area (Å²) in [5.41, 5.74) is -0.807. The van der Waals surface area contributed by atoms with Gasteiger partial charge in [-0.3, -0.25) is 24.0 Å². The number of sulfonamides is 1. The molecule has 2 aromatic heterocycles. The number of nitrogens with one attached hydrogen (secondary N) is 5. The Morgan fingerprint density at radius 2 is 1.25 bits per heavy atom. The maximum Gasteiger partial charge on any atom is 0.349 e. The van der Waals surface area contributed by atoms with Crippen molar-refractivity contribution in [3.63, 3.8) is 0 Å². The summed E-state index contributed by atoms with van der Waals surface area (Å²) in [4.78, 5) is 75.6. The number of thiazole rings is 1. The molecule has 0 unspecified atom stereocenters. The zero-order valence-corrected chi connectivity index (χ0v) is 39.9. The average Bonchev–Trinajstić information content (AvgIpc) is 3.67. The van der Waals surface area contributed by atoms with Crippen molar-refractivity contribution in [2.45, 2.75) is 44.6 Å². The standard InChI is InChI=1S/C42H62N6O18S2/c1-30-40(48-42(67-30)47-31(2)49)68(56,57)46-11-7-36(50)43-9-3-13-58-17-21-62-22-18-59-14-4-10-45-39(54)34-27-32-5-6-33(28-35(32)66-41(34)55)65-29-37(51)44-12-16-61-20-24-64-26-25-63-23-19-60-15-8-38(52)53/h5-6,27-28,46H,3-4,7-26,29H2,1-2H3,(H,43,50)(H,44,51)(H,45,54)(H,52,53)(H,47,48,49). The van der Waals surface area contributed by atoms with E-state index in [0.717, 1.165) is 11.3 Å². The van der Waals surface area contributed by atoms with Crippen LogP contribution >= 0.6 is 11.3 Å². The van der Waals surface area contributed by atoms with Crippen molar-refractivity contribution < 1.29 is 79.8 Å². The molecule has 0 aliphatic carbocycles. The number of ether oxygens (including phenoxy) is 8. The maximum absolute atomic E-state index is 12.7. The van der Waals surface area contributed by atoms with E-state index in [9.17, 15) is 37.2 Å². The SMILES string of the molecule is CC(=O)Nc1nc(S(=O)(=O)NCCC(=O)NCCCOCCOCCOCCCNC(=O)c2cc3ccc(OCC(=O)NCCOCCOCCOCCOCCC(=O)O)cc3oc2=O)c(C)s1. The minimum absolute atomic E-state index is 0.0483. The molecular formula is C42H62N6O18S2. The second-order valence-corrected chi connectivity index (χ2v) is 17.1. The first-order chi connectivity index (χ1) is 32.7. The van der Waals surface area contributed by atoms with Gasteiger partial charge in [0.1, 0.15) is 16.9 Å². The minimum Gasteiger partial charge on any atom is -0.484 e. The number of aromatic nitrogens is 1. The maximum atomic E-state index is 12.7. The molecule has 6 N–H and O–H groups in total. The van der Waals surface area contributed by atoms with Gasteiger partial charge in [-0.15, -0.1) is 11.3 Å². The number of amides is 4. The van der Waals surface area contributed by atoms with Crippen LogP contribution in [-0.4, -0.2) is 173 Å². The van der Waals surface area contributed by atoms with E-state index in [1.807, 2.05) is 0 Å². The van der Waals surface area contributed by atoms with Gasteiger partial charge in [-0.25, -0.2) is 22.9 Å². The van der Waals surface area contributed by atoms with E-state index in [0.29, 0.717) is 109 Å². The van der Waals surface area contributed by atoms with Gasteiger partial charge in [0.15, 0.2) is 16.8 Å². The Hall–Kier alpha value is -5.16. The molecule has 0 bridgehead atoms. The molecule has 26 heteroatoms. The molecule has 3 rings (SSSR count). The number of benzene rings is 1. The molecule has 0 radical (unpaired) electrons. The summed E-state index contributed by atoms with van der Waals surface area (Å²) < 4.78 is 76.0. The molecule has 0 spiro atoms. The molecule has 380 valence electrons. The third-order valence-electron chi connectivity index (χ3n) is 8.69. The van der Waals surface area contributed by atoms with Crippen molar-refractivity contribution in [2.75, 3.05) is 131 Å². The number of nitrogens with zero attached hydrogens (tertiary/aromatic N) is 1. The minimum atomic E-state index is -3.95. The van der Waals surface area contributed by atoms with Crippen molar-refractivity contribution in [2.24, 2.45) is 0 Å². The van der Waals surface area contributed by atoms with Crippen LogP contribution in [0.5, 0.6) is 5.75 Å². The van der Waals surface area contributed by atoms with Crippen LogP contribution in [0.1, 0.15) is 47.8 Å². The molecule has 0 fully saturated rings. The third kappa shape index (κ3) is 24.7. The van der Waals surface area contributed by atoms with Crippen LogP contribution in [0.4, 0.5) is 5.13 Å². The van der Waals surface area contributed by atoms with E-state index in [1.54, 1.807) is 19.1 Å². The second kappa shape index (κ2) is 33.4. The van der Waals surface area contributed by atoms with Gasteiger partial charge in [0.05, 0.1) is 85.7 Å². The monoisotopic (exact) mass is 1000 g/mol. The van der Waals surface area contributed by atoms with Gasteiger partial charge in [0.25, 0.3) is 21.8 Å². The summed E-state index contributed by atoms with van der Waals surface area (Å²) in [6.45, 7) is 7.83. The fourth-order valence-electron chi connectivity index (χ4n) is 5.43. The molecule has 4 amide bonds. The summed E-state index contributed by atoms with van der Waals surface area (Å²) in [6.07, 6.45) is 0.916. The van der Waals surface area contributed by atoms with Crippen LogP contribution in [0.25, 0.3) is 11.0 Å². The van der Waals surface area contributed by atoms with Gasteiger partial charge in [0, 0.05) is 69.1 Å². The van der Waals surface area contributed by atoms with Crippen molar-refractivity contribution in [3.05, 3.63) is 45.1 Å². The van der Waals surface area contributed by atoms with Gasteiger partial charge >= 0.3 is 11.6 Å². The lowest BCUT2D eigenvalue weighted by Crippen LogP contribution is -2.32. The van der Waals surface area contributed by atoms with Crippen LogP contribution in [0.3, 0.4) is 0 Å². The molecular weight excluding hydrogens is 941 g/mol. The van der Waals surface area contributed by atoms with Crippen molar-refractivity contribution in [1.29, 1.82) is 0 Å². The summed E-state index contributed by atoms with van der Waals surface area (Å²) in [7, 11) is -3.95. The van der Waals surface area contributed by atoms with Gasteiger partial charge in [-0.2, -0.15) is 0 Å². The Kier molecular flexibility index (Phi) is 28.0. The van der Waals surface area contributed by atoms with Gasteiger partial charge < -0.3 is 68.7 Å². The van der Waals surface area contributed by atoms with E-state index in [1.165, 1.54) is 19.1 Å². The quantitative estimate of drug-likeness (QED) is 0.0337. The van der Waals surface area contributed by atoms with E-state index in [2.05, 4.69) is 31.0 Å². The molecule has 2 heterocycles. The Bertz CT molecular complexity index is 2190. The number of carboxylic acid groups (broad SMARTS) is 1. The molecule has 0 aliphatic heterocycles. The zero-order valence-electron chi connectivity index (χ0n) is 38.2. The van der Waals surface area contributed by atoms with Gasteiger partial charge in [0.2, 0.25) is 11.8 Å². The number of carbonyl (C=O) groups excluding carboxylic acids is 4. The number of aliphatic carboxylic acids is 1. The summed E-state index contributed by atoms with van der Waals surface area (Å²) in [5, 5.41) is 19.5. The largest absolute Gasteiger partial charge is 0.484 e. The number of carboxylic acids is 1. The van der Waals surface area contributed by atoms with Crippen LogP contribution in [0.2, 0.25) is 0 Å². The first kappa shape index (κ1) is 57.2. The number of carbonyl (C=O) groups is 5. The van der Waals surface area contributed by atoms with Crippen LogP contribution in [-0.2, 0) is 62.4 Å². The van der Waals surface area contributed by atoms with E-state index < -0.39 is 27.5 Å². The highest BCUT2D eigenvalue weighted by atomic mass is 32.2. The molecule has 3 aromatic rings. The van der Waals surface area contributed by atoms with Crippen LogP contribution in [0, 0.1) is 6.92 Å². The Balaban J connectivity index is 1.13. The zero-order chi connectivity index (χ0) is 49.4. The number of fused-ring (bicyclic) bond motifs is 1. The van der Waals surface area contributed by atoms with E-state index >= 15 is 0 Å². The topological polar surface area (TPSA) is 317 Å². The lowest BCUT2D eigenvalue weighted by atomic mass is 10.1. The molecule has 0 saturated carbocycles. The predicted octanol–water partition coefficient (Wildman–Crippen LogP) is 0.597. The van der Waals surface area contributed by atoms with E-state index in [-0.39, 0.29) is 97.1 Å². The Morgan fingerprint density at radius 3 is 1.85 bits per heavy atom. The molecule has 0 atom stereocenters. The van der Waals surface area contributed by atoms with Gasteiger partial charge in [-0.05, 0) is 38.0 Å². The highest BCUT2D eigenvalue weighted by Crippen LogP contribution is 2.25. The summed E-state index contributed by atoms with van der Waals surface area (Å²) in [6, 6.07) is 6.07. The normalized spacial score (nSPS) is 11.4. The first-order valence-electron chi connectivity index (χ1n) is 21.8. The average molecular weight is 1000 g/mol. The van der Waals surface area contributed by atoms with Crippen LogP contribution < -0.4 is 36.4 Å². The third-order valence-corrected chi connectivity index (χ3v) is 11.2. The number of hydrogen-bond donors (Lipinski definition) is 6. The molecule has 0 saturated heterocycles. The highest BCUT2D eigenvalue weighted by Gasteiger charge is 2.22. The lowest BCUT2D eigenvalue weighted by molar-refractivity contribution is -0.138. The van der Waals surface area contributed by atoms with Gasteiger partial charge in [-0.1, -0.05) is 0 Å². The predicted molar refractivity (Wildman–Crippen MR) is 245 cm³/mol. The van der Waals surface area contributed by atoms with Crippen LogP contribution in [0.15, 0.2) is 38.5 Å². The smallest absolute Gasteiger partial charge is 0.349 e. The number of aryl methyl sites for hydroxylation is 1. The fourth-order valence-corrected chi connectivity index (χ4v) is 7.79. The Morgan fingerprint density at radius 1 is 0.691 bits per heavy atom.